The predicted octanol–water partition coefficient (Wildman–Crippen LogP) is 2.09. The van der Waals surface area contributed by atoms with Crippen molar-refractivity contribution in [2.24, 2.45) is 0 Å². The fourth-order valence-electron chi connectivity index (χ4n) is 0.662. The second-order valence-electron chi connectivity index (χ2n) is 1.92. The van der Waals surface area contributed by atoms with Crippen LogP contribution in [-0.2, 0) is 0 Å². The molecule has 10 heavy (non-hydrogen) atoms. The van der Waals surface area contributed by atoms with Crippen LogP contribution in [0.3, 0.4) is 0 Å². The molecule has 2 N–H and O–H groups in total. The van der Waals surface area contributed by atoms with Gasteiger partial charge in [0.05, 0.1) is 5.02 Å². The molecule has 0 fully saturated rings. The first kappa shape index (κ1) is 7.22. The minimum absolute atomic E-state index is 0.112. The summed E-state index contributed by atoms with van der Waals surface area (Å²) in [7, 11) is 1.79. The van der Waals surface area contributed by atoms with Crippen LogP contribution in [0.4, 0.5) is 5.69 Å². The summed E-state index contributed by atoms with van der Waals surface area (Å²) in [5.74, 6) is 0.112. The van der Waals surface area contributed by atoms with E-state index in [0.29, 0.717) is 5.02 Å². The first-order valence-electron chi connectivity index (χ1n) is 2.90. The van der Waals surface area contributed by atoms with Crippen molar-refractivity contribution in [3.63, 3.8) is 0 Å². The number of nitrogens with one attached hydrogen (secondary N) is 1. The summed E-state index contributed by atoms with van der Waals surface area (Å²) < 4.78 is 0. The molecule has 0 amide bonds. The van der Waals surface area contributed by atoms with Crippen LogP contribution in [0.1, 0.15) is 0 Å². The highest BCUT2D eigenvalue weighted by Crippen LogP contribution is 2.25. The van der Waals surface area contributed by atoms with Gasteiger partial charge in [-0.25, -0.2) is 0 Å². The second-order valence-corrected chi connectivity index (χ2v) is 2.32. The van der Waals surface area contributed by atoms with E-state index in [1.807, 2.05) is 0 Å². The quantitative estimate of drug-likeness (QED) is 0.612. The number of phenols is 1. The minimum Gasteiger partial charge on any atom is -0.506 e. The number of hydrogen-bond acceptors (Lipinski definition) is 2. The molecule has 1 rings (SSSR count). The predicted molar refractivity (Wildman–Crippen MR) is 42.7 cm³/mol. The summed E-state index contributed by atoms with van der Waals surface area (Å²) in [6.07, 6.45) is 0. The van der Waals surface area contributed by atoms with E-state index in [1.54, 1.807) is 25.2 Å². The molecule has 0 heterocycles. The van der Waals surface area contributed by atoms with Gasteiger partial charge in [-0.3, -0.25) is 0 Å². The number of anilines is 1. The van der Waals surface area contributed by atoms with Crippen molar-refractivity contribution in [2.75, 3.05) is 12.4 Å². The lowest BCUT2D eigenvalue weighted by molar-refractivity contribution is 0.475. The van der Waals surface area contributed by atoms with E-state index < -0.39 is 0 Å². The summed E-state index contributed by atoms with van der Waals surface area (Å²) >= 11 is 5.60. The summed E-state index contributed by atoms with van der Waals surface area (Å²) in [4.78, 5) is 0. The average molecular weight is 158 g/mol. The van der Waals surface area contributed by atoms with E-state index in [2.05, 4.69) is 5.32 Å². The van der Waals surface area contributed by atoms with Gasteiger partial charge in [0, 0.05) is 12.7 Å². The molecular formula is C7H8ClNO. The molecule has 0 unspecified atom stereocenters. The molecule has 0 bridgehead atoms. The number of halogens is 1. The third-order valence-corrected chi connectivity index (χ3v) is 1.54. The van der Waals surface area contributed by atoms with Crippen LogP contribution < -0.4 is 5.32 Å². The van der Waals surface area contributed by atoms with Crippen molar-refractivity contribution in [1.82, 2.24) is 0 Å². The maximum absolute atomic E-state index is 8.98. The highest BCUT2D eigenvalue weighted by molar-refractivity contribution is 6.32. The third kappa shape index (κ3) is 1.33. The lowest BCUT2D eigenvalue weighted by atomic mass is 10.3. The zero-order valence-corrected chi connectivity index (χ0v) is 6.31. The number of benzene rings is 1. The molecule has 1 aromatic carbocycles. The number of rotatable bonds is 1. The smallest absolute Gasteiger partial charge is 0.134 e. The summed E-state index contributed by atoms with van der Waals surface area (Å²) in [5.41, 5.74) is 0.891. The van der Waals surface area contributed by atoms with Crippen LogP contribution in [0.25, 0.3) is 0 Å². The van der Waals surface area contributed by atoms with Gasteiger partial charge in [0.2, 0.25) is 0 Å². The topological polar surface area (TPSA) is 32.3 Å². The maximum Gasteiger partial charge on any atom is 0.134 e. The molecule has 0 aliphatic heterocycles. The number of phenolic OH excluding ortho intramolecular Hbond substituents is 1. The monoisotopic (exact) mass is 157 g/mol. The minimum atomic E-state index is 0.112. The lowest BCUT2D eigenvalue weighted by Gasteiger charge is -2.00. The third-order valence-electron chi connectivity index (χ3n) is 1.24. The van der Waals surface area contributed by atoms with Crippen LogP contribution >= 0.6 is 11.6 Å². The Balaban J connectivity index is 3.04. The van der Waals surface area contributed by atoms with Gasteiger partial charge in [0.1, 0.15) is 5.75 Å². The Labute approximate surface area is 64.4 Å². The van der Waals surface area contributed by atoms with Crippen LogP contribution in [0.5, 0.6) is 5.75 Å². The van der Waals surface area contributed by atoms with Crippen LogP contribution in [0, 0.1) is 0 Å². The molecule has 0 saturated carbocycles. The first-order valence-corrected chi connectivity index (χ1v) is 3.28. The Morgan fingerprint density at radius 2 is 2.20 bits per heavy atom. The molecule has 2 nitrogen and oxygen atoms in total. The summed E-state index contributed by atoms with van der Waals surface area (Å²) in [5, 5.41) is 12.2. The van der Waals surface area contributed by atoms with Crippen LogP contribution in [0.2, 0.25) is 5.02 Å². The van der Waals surface area contributed by atoms with E-state index >= 15 is 0 Å². The lowest BCUT2D eigenvalue weighted by Crippen LogP contribution is -1.85. The van der Waals surface area contributed by atoms with Gasteiger partial charge in [0.15, 0.2) is 0 Å². The van der Waals surface area contributed by atoms with Crippen molar-refractivity contribution >= 4 is 17.3 Å². The highest BCUT2D eigenvalue weighted by atomic mass is 35.5. The SMILES string of the molecule is CNc1ccc(O)c(Cl)c1. The molecule has 1 aromatic rings. The summed E-state index contributed by atoms with van der Waals surface area (Å²) in [6.45, 7) is 0. The van der Waals surface area contributed by atoms with Gasteiger partial charge < -0.3 is 10.4 Å². The molecule has 0 spiro atoms. The second kappa shape index (κ2) is 2.80. The highest BCUT2D eigenvalue weighted by Gasteiger charge is 1.96. The molecule has 0 aliphatic carbocycles. The molecule has 54 valence electrons. The van der Waals surface area contributed by atoms with Crippen molar-refractivity contribution in [1.29, 1.82) is 0 Å². The van der Waals surface area contributed by atoms with E-state index in [9.17, 15) is 0 Å². The fourth-order valence-corrected chi connectivity index (χ4v) is 0.843. The molecule has 0 aromatic heterocycles. The number of aromatic hydroxyl groups is 1. The van der Waals surface area contributed by atoms with Crippen molar-refractivity contribution in [3.05, 3.63) is 23.2 Å². The molecule has 3 heteroatoms. The van der Waals surface area contributed by atoms with Gasteiger partial charge >= 0.3 is 0 Å². The molecule has 0 aliphatic rings. The largest absolute Gasteiger partial charge is 0.506 e. The first-order chi connectivity index (χ1) is 4.74. The van der Waals surface area contributed by atoms with Crippen LogP contribution in [-0.4, -0.2) is 12.2 Å². The Morgan fingerprint density at radius 3 is 2.70 bits per heavy atom. The Hall–Kier alpha value is -0.890. The van der Waals surface area contributed by atoms with Gasteiger partial charge in [-0.2, -0.15) is 0 Å². The van der Waals surface area contributed by atoms with Gasteiger partial charge in [-0.15, -0.1) is 0 Å². The fraction of sp³-hybridized carbons (Fsp3) is 0.143. The zero-order valence-electron chi connectivity index (χ0n) is 5.56. The Kier molecular flexibility index (Phi) is 2.02. The normalized spacial score (nSPS) is 9.40. The molecule has 0 saturated heterocycles. The van der Waals surface area contributed by atoms with Gasteiger partial charge in [0.25, 0.3) is 0 Å². The summed E-state index contributed by atoms with van der Waals surface area (Å²) in [6, 6.07) is 4.96. The van der Waals surface area contributed by atoms with Gasteiger partial charge in [-0.1, -0.05) is 11.6 Å². The van der Waals surface area contributed by atoms with E-state index in [0.717, 1.165) is 5.69 Å². The Morgan fingerprint density at radius 1 is 1.50 bits per heavy atom. The molecule has 0 atom stereocenters. The standard InChI is InChI=1S/C7H8ClNO/c1-9-5-2-3-7(10)6(8)4-5/h2-4,9-10H,1H3. The average Bonchev–Trinajstić information content (AvgIpc) is 1.95. The van der Waals surface area contributed by atoms with Crippen molar-refractivity contribution < 1.29 is 5.11 Å². The van der Waals surface area contributed by atoms with E-state index in [4.69, 9.17) is 16.7 Å². The zero-order chi connectivity index (χ0) is 7.56. The van der Waals surface area contributed by atoms with Crippen LogP contribution in [0.15, 0.2) is 18.2 Å². The van der Waals surface area contributed by atoms with E-state index in [-0.39, 0.29) is 5.75 Å². The van der Waals surface area contributed by atoms with Crippen molar-refractivity contribution in [3.8, 4) is 5.75 Å². The molecule has 0 radical (unpaired) electrons. The maximum atomic E-state index is 8.98. The molecular weight excluding hydrogens is 150 g/mol. The number of hydrogen-bond donors (Lipinski definition) is 2. The Bertz CT molecular complexity index is 237. The van der Waals surface area contributed by atoms with E-state index in [1.165, 1.54) is 0 Å². The van der Waals surface area contributed by atoms with Gasteiger partial charge in [-0.05, 0) is 18.2 Å². The van der Waals surface area contributed by atoms with Crippen molar-refractivity contribution in [2.45, 2.75) is 0 Å².